The maximum absolute atomic E-state index is 14.3. The number of imidazole rings is 1. The molecule has 4 aromatic rings. The van der Waals surface area contributed by atoms with Crippen LogP contribution in [0.2, 0.25) is 0 Å². The van der Waals surface area contributed by atoms with Gasteiger partial charge in [0.15, 0.2) is 23.2 Å². The summed E-state index contributed by atoms with van der Waals surface area (Å²) in [5, 5.41) is 7.34. The molecule has 1 fully saturated rings. The van der Waals surface area contributed by atoms with Gasteiger partial charge in [-0.25, -0.2) is 9.55 Å². The first kappa shape index (κ1) is 32.2. The molecule has 0 aliphatic carbocycles. The van der Waals surface area contributed by atoms with Crippen LogP contribution in [0.25, 0.3) is 21.9 Å². The lowest BCUT2D eigenvalue weighted by atomic mass is 9.99. The molecule has 1 aliphatic rings. The number of carbonyl (C=O) groups is 1. The number of esters is 1. The normalized spacial score (nSPS) is 20.4. The molecule has 14 heteroatoms. The highest BCUT2D eigenvalue weighted by Gasteiger charge is 2.40. The van der Waals surface area contributed by atoms with E-state index < -0.39 is 32.1 Å². The summed E-state index contributed by atoms with van der Waals surface area (Å²) in [6, 6.07) is 11.9. The number of nitrogens with zero attached hydrogens (tertiary/aromatic N) is 4. The molecule has 5 rings (SSSR count). The van der Waals surface area contributed by atoms with Gasteiger partial charge in [-0.15, -0.1) is 6.42 Å². The van der Waals surface area contributed by atoms with E-state index in [-0.39, 0.29) is 30.5 Å². The third kappa shape index (κ3) is 7.37. The summed E-state index contributed by atoms with van der Waals surface area (Å²) >= 11 is 0. The second-order valence-electron chi connectivity index (χ2n) is 12.0. The van der Waals surface area contributed by atoms with E-state index in [4.69, 9.17) is 30.7 Å². The number of nitrogens with two attached hydrogens (primary N) is 1. The molecule has 3 heterocycles. The number of terminal acetylenes is 1. The minimum Gasteiger partial charge on any atom is -0.464 e. The molecule has 2 aromatic heterocycles. The first-order chi connectivity index (χ1) is 21.4. The molecule has 238 valence electrons. The van der Waals surface area contributed by atoms with Crippen LogP contribution in [-0.2, 0) is 23.4 Å². The predicted molar refractivity (Wildman–Crippen MR) is 171 cm³/mol. The third-order valence-electron chi connectivity index (χ3n) is 7.11. The maximum atomic E-state index is 14.3. The number of hydrogen-bond donors (Lipinski definition) is 3. The van der Waals surface area contributed by atoms with Crippen LogP contribution in [0.5, 0.6) is 5.75 Å². The lowest BCUT2D eigenvalue weighted by molar-refractivity contribution is -0.148. The number of anilines is 2. The average molecular weight is 636 g/mol. The fraction of sp³-hybridized carbons (Fsp3) is 0.419. The van der Waals surface area contributed by atoms with Crippen LogP contribution >= 0.6 is 7.75 Å². The molecule has 0 amide bonds. The number of ether oxygens (including phenoxy) is 2. The molecule has 4 N–H and O–H groups in total. The Labute approximate surface area is 261 Å². The van der Waals surface area contributed by atoms with E-state index in [2.05, 4.69) is 31.3 Å². The van der Waals surface area contributed by atoms with Gasteiger partial charge in [-0.05, 0) is 30.2 Å². The van der Waals surface area contributed by atoms with Crippen LogP contribution in [0.15, 0.2) is 48.8 Å². The molecule has 0 spiro atoms. The first-order valence-corrected chi connectivity index (χ1v) is 16.1. The summed E-state index contributed by atoms with van der Waals surface area (Å²) in [5.41, 5.74) is 6.64. The SMILES string of the molecule is C#C[C@H]1C[C@@H](CO[P@@](=O)(N[C@@H](C)C(=O)OCC(C)(C)C)Oc2cccc3ccccc23)O[C@H]1n1cnc2c(NC)nc(N)nc21. The number of aromatic nitrogens is 4. The standard InChI is InChI=1S/C31H38N7O6P/c1-7-20-15-22(43-28(20)38-18-34-25-26(33-6)35-30(32)36-27(25)38)16-42-45(40,37-19(2)29(39)41-17-31(3,4)5)44-24-14-10-12-21-11-8-9-13-23(21)24/h1,8-14,18-20,22,28H,15-17H2,2-6H3,(H,37,40)(H3,32,33,35,36)/t19-,20-,22-,28+,45-/m0/s1. The largest absolute Gasteiger partial charge is 0.464 e. The van der Waals surface area contributed by atoms with Crippen LogP contribution in [0.3, 0.4) is 0 Å². The van der Waals surface area contributed by atoms with Crippen molar-refractivity contribution < 1.29 is 27.9 Å². The van der Waals surface area contributed by atoms with E-state index in [1.807, 2.05) is 51.1 Å². The van der Waals surface area contributed by atoms with Gasteiger partial charge in [-0.2, -0.15) is 15.1 Å². The highest BCUT2D eigenvalue weighted by molar-refractivity contribution is 7.52. The van der Waals surface area contributed by atoms with Crippen LogP contribution in [0.1, 0.15) is 40.3 Å². The highest BCUT2D eigenvalue weighted by Crippen LogP contribution is 2.48. The summed E-state index contributed by atoms with van der Waals surface area (Å²) in [6.07, 6.45) is 6.63. The lowest BCUT2D eigenvalue weighted by Gasteiger charge is -2.25. The van der Waals surface area contributed by atoms with Crippen molar-refractivity contribution in [1.82, 2.24) is 24.6 Å². The summed E-state index contributed by atoms with van der Waals surface area (Å²) in [6.45, 7) is 7.42. The lowest BCUT2D eigenvalue weighted by Crippen LogP contribution is -2.37. The Balaban J connectivity index is 1.37. The quantitative estimate of drug-likeness (QED) is 0.116. The Morgan fingerprint density at radius 3 is 2.73 bits per heavy atom. The molecule has 1 aliphatic heterocycles. The van der Waals surface area contributed by atoms with Crippen LogP contribution in [0.4, 0.5) is 11.8 Å². The number of rotatable bonds is 11. The maximum Gasteiger partial charge on any atom is 0.459 e. The van der Waals surface area contributed by atoms with Gasteiger partial charge < -0.3 is 25.0 Å². The average Bonchev–Trinajstić information content (AvgIpc) is 3.62. The van der Waals surface area contributed by atoms with Gasteiger partial charge in [0.1, 0.15) is 11.8 Å². The highest BCUT2D eigenvalue weighted by atomic mass is 31.2. The van der Waals surface area contributed by atoms with Crippen molar-refractivity contribution in [2.75, 3.05) is 31.3 Å². The van der Waals surface area contributed by atoms with Crippen molar-refractivity contribution in [2.24, 2.45) is 11.3 Å². The fourth-order valence-electron chi connectivity index (χ4n) is 4.94. The van der Waals surface area contributed by atoms with Gasteiger partial charge in [-0.3, -0.25) is 13.9 Å². The first-order valence-electron chi connectivity index (χ1n) is 14.6. The molecular formula is C31H38N7O6P. The Kier molecular flexibility index (Phi) is 9.32. The van der Waals surface area contributed by atoms with Gasteiger partial charge in [0.2, 0.25) is 5.95 Å². The number of benzene rings is 2. The molecule has 0 radical (unpaired) electrons. The van der Waals surface area contributed by atoms with Crippen LogP contribution < -0.4 is 20.7 Å². The zero-order chi connectivity index (χ0) is 32.4. The number of hydrogen-bond acceptors (Lipinski definition) is 11. The minimum atomic E-state index is -4.18. The Hall–Kier alpha value is -4.21. The van der Waals surface area contributed by atoms with Gasteiger partial charge in [0.25, 0.3) is 0 Å². The van der Waals surface area contributed by atoms with Crippen LogP contribution in [0, 0.1) is 23.7 Å². The van der Waals surface area contributed by atoms with E-state index in [9.17, 15) is 9.36 Å². The zero-order valence-corrected chi connectivity index (χ0v) is 26.8. The van der Waals surface area contributed by atoms with Crippen molar-refractivity contribution >= 4 is 47.4 Å². The fourth-order valence-corrected chi connectivity index (χ4v) is 6.48. The summed E-state index contributed by atoms with van der Waals surface area (Å²) < 4.78 is 39.8. The monoisotopic (exact) mass is 635 g/mol. The number of fused-ring (bicyclic) bond motifs is 2. The molecule has 1 saturated heterocycles. The summed E-state index contributed by atoms with van der Waals surface area (Å²) in [5.74, 6) is 2.66. The summed E-state index contributed by atoms with van der Waals surface area (Å²) in [7, 11) is -2.47. The molecule has 0 bridgehead atoms. The molecule has 2 aromatic carbocycles. The number of nitrogen functional groups attached to an aromatic ring is 1. The van der Waals surface area contributed by atoms with Crippen molar-refractivity contribution in [3.63, 3.8) is 0 Å². The molecule has 5 atom stereocenters. The van der Waals surface area contributed by atoms with E-state index >= 15 is 0 Å². The smallest absolute Gasteiger partial charge is 0.459 e. The second kappa shape index (κ2) is 13.0. The van der Waals surface area contributed by atoms with Gasteiger partial charge in [0, 0.05) is 12.4 Å². The van der Waals surface area contributed by atoms with Crippen molar-refractivity contribution in [3.05, 3.63) is 48.8 Å². The number of carbonyl (C=O) groups excluding carboxylic acids is 1. The molecular weight excluding hydrogens is 597 g/mol. The van der Waals surface area contributed by atoms with Crippen LogP contribution in [-0.4, -0.2) is 57.9 Å². The van der Waals surface area contributed by atoms with Gasteiger partial charge in [-0.1, -0.05) is 63.1 Å². The van der Waals surface area contributed by atoms with Gasteiger partial charge >= 0.3 is 13.7 Å². The van der Waals surface area contributed by atoms with E-state index in [1.54, 1.807) is 37.0 Å². The topological polar surface area (TPSA) is 165 Å². The van der Waals surface area contributed by atoms with Crippen molar-refractivity contribution in [3.8, 4) is 18.1 Å². The Morgan fingerprint density at radius 1 is 1.24 bits per heavy atom. The molecule has 13 nitrogen and oxygen atoms in total. The molecule has 45 heavy (non-hydrogen) atoms. The Morgan fingerprint density at radius 2 is 2.00 bits per heavy atom. The van der Waals surface area contributed by atoms with Crippen molar-refractivity contribution in [2.45, 2.75) is 52.5 Å². The second-order valence-corrected chi connectivity index (χ2v) is 13.7. The van der Waals surface area contributed by atoms with E-state index in [0.717, 1.165) is 10.8 Å². The molecule has 0 saturated carbocycles. The third-order valence-corrected chi connectivity index (χ3v) is 8.74. The van der Waals surface area contributed by atoms with E-state index in [0.29, 0.717) is 29.2 Å². The Bertz CT molecular complexity index is 1780. The zero-order valence-electron chi connectivity index (χ0n) is 25.9. The predicted octanol–water partition coefficient (Wildman–Crippen LogP) is 4.91. The molecule has 0 unspecified atom stereocenters. The number of nitrogens with one attached hydrogen (secondary N) is 2. The van der Waals surface area contributed by atoms with Gasteiger partial charge in [0.05, 0.1) is 31.6 Å². The van der Waals surface area contributed by atoms with Crippen molar-refractivity contribution in [1.29, 1.82) is 0 Å². The minimum absolute atomic E-state index is 0.0662. The summed E-state index contributed by atoms with van der Waals surface area (Å²) in [4.78, 5) is 25.8. The van der Waals surface area contributed by atoms with E-state index in [1.165, 1.54) is 0 Å².